The molecule has 0 radical (unpaired) electrons. The normalized spacial score (nSPS) is 14.3. The predicted molar refractivity (Wildman–Crippen MR) is 95.4 cm³/mol. The zero-order valence-electron chi connectivity index (χ0n) is 14.8. The maximum absolute atomic E-state index is 13.2. The molecule has 0 bridgehead atoms. The number of esters is 1. The zero-order valence-corrected chi connectivity index (χ0v) is 16.4. The summed E-state index contributed by atoms with van der Waals surface area (Å²) in [7, 11) is 1.16. The molecular formula is C18H23BrFNO4. The lowest BCUT2D eigenvalue weighted by molar-refractivity contribution is -0.152. The monoisotopic (exact) mass is 415 g/mol. The Kier molecular flexibility index (Phi) is 8.22. The predicted octanol–water partition coefficient (Wildman–Crippen LogP) is 3.04. The Morgan fingerprint density at radius 3 is 2.44 bits per heavy atom. The maximum Gasteiger partial charge on any atom is 0.316 e. The van der Waals surface area contributed by atoms with Crippen LogP contribution in [0.3, 0.4) is 0 Å². The van der Waals surface area contributed by atoms with E-state index in [2.05, 4.69) is 26.0 Å². The topological polar surface area (TPSA) is 72.5 Å². The Balaban J connectivity index is 2.91. The first-order chi connectivity index (χ1) is 11.7. The molecule has 0 saturated heterocycles. The van der Waals surface area contributed by atoms with Gasteiger partial charge in [-0.05, 0) is 37.0 Å². The second-order valence-corrected chi connectivity index (χ2v) is 6.87. The molecule has 3 unspecified atom stereocenters. The highest BCUT2D eigenvalue weighted by Gasteiger charge is 2.30. The summed E-state index contributed by atoms with van der Waals surface area (Å²) >= 11 is 3.31. The van der Waals surface area contributed by atoms with Gasteiger partial charge in [-0.25, -0.2) is 4.39 Å². The van der Waals surface area contributed by atoms with E-state index in [1.54, 1.807) is 6.07 Å². The Labute approximate surface area is 155 Å². The molecule has 0 spiro atoms. The maximum atomic E-state index is 13.2. The van der Waals surface area contributed by atoms with Gasteiger partial charge in [0, 0.05) is 10.5 Å². The highest BCUT2D eigenvalue weighted by atomic mass is 79.9. The standard InChI is InChI=1S/C18H23BrFNO4/c1-5-10(2)15(8-12-6-7-13(20)9-14(12)19)21-17(23)16(22)11(3)18(24)25-4/h6-7,9-11,15H,5,8H2,1-4H3,(H,21,23). The Bertz CT molecular complexity index is 650. The smallest absolute Gasteiger partial charge is 0.316 e. The van der Waals surface area contributed by atoms with Crippen molar-refractivity contribution in [3.8, 4) is 0 Å². The molecule has 1 amide bonds. The van der Waals surface area contributed by atoms with E-state index in [9.17, 15) is 18.8 Å². The van der Waals surface area contributed by atoms with Crippen LogP contribution < -0.4 is 5.32 Å². The molecule has 0 aromatic heterocycles. The summed E-state index contributed by atoms with van der Waals surface area (Å²) in [6.45, 7) is 5.27. The summed E-state index contributed by atoms with van der Waals surface area (Å²) in [6, 6.07) is 4.02. The molecule has 1 rings (SSSR count). The van der Waals surface area contributed by atoms with Gasteiger partial charge in [0.05, 0.1) is 7.11 Å². The van der Waals surface area contributed by atoms with Crippen molar-refractivity contribution in [1.82, 2.24) is 5.32 Å². The molecule has 3 atom stereocenters. The van der Waals surface area contributed by atoms with E-state index < -0.39 is 23.6 Å². The van der Waals surface area contributed by atoms with E-state index in [1.807, 2.05) is 13.8 Å². The van der Waals surface area contributed by atoms with Crippen molar-refractivity contribution in [2.75, 3.05) is 7.11 Å². The largest absolute Gasteiger partial charge is 0.468 e. The summed E-state index contributed by atoms with van der Waals surface area (Å²) in [6.07, 6.45) is 1.21. The van der Waals surface area contributed by atoms with Gasteiger partial charge in [0.25, 0.3) is 5.91 Å². The number of rotatable bonds is 8. The lowest BCUT2D eigenvalue weighted by atomic mass is 9.92. The highest BCUT2D eigenvalue weighted by molar-refractivity contribution is 9.10. The average Bonchev–Trinajstić information content (AvgIpc) is 2.60. The summed E-state index contributed by atoms with van der Waals surface area (Å²) in [4.78, 5) is 35.7. The Hall–Kier alpha value is -1.76. The van der Waals surface area contributed by atoms with Crippen molar-refractivity contribution in [2.45, 2.75) is 39.7 Å². The summed E-state index contributed by atoms with van der Waals surface area (Å²) in [5.41, 5.74) is 0.820. The van der Waals surface area contributed by atoms with E-state index >= 15 is 0 Å². The molecule has 7 heteroatoms. The number of hydrogen-bond acceptors (Lipinski definition) is 4. The zero-order chi connectivity index (χ0) is 19.1. The molecule has 0 aliphatic rings. The van der Waals surface area contributed by atoms with Crippen LogP contribution in [0.5, 0.6) is 0 Å². The number of benzene rings is 1. The molecule has 0 saturated carbocycles. The van der Waals surface area contributed by atoms with Gasteiger partial charge >= 0.3 is 5.97 Å². The molecule has 0 aliphatic heterocycles. The fourth-order valence-corrected chi connectivity index (χ4v) is 2.84. The Morgan fingerprint density at radius 1 is 1.28 bits per heavy atom. The van der Waals surface area contributed by atoms with Crippen LogP contribution in [-0.2, 0) is 25.5 Å². The van der Waals surface area contributed by atoms with Crippen LogP contribution in [0.15, 0.2) is 22.7 Å². The molecule has 5 nitrogen and oxygen atoms in total. The van der Waals surface area contributed by atoms with Gasteiger partial charge in [-0.2, -0.15) is 0 Å². The van der Waals surface area contributed by atoms with Crippen molar-refractivity contribution >= 4 is 33.6 Å². The number of methoxy groups -OCH3 is 1. The lowest BCUT2D eigenvalue weighted by Crippen LogP contribution is -2.46. The minimum Gasteiger partial charge on any atom is -0.468 e. The first kappa shape index (κ1) is 21.3. The van der Waals surface area contributed by atoms with Gasteiger partial charge in [-0.15, -0.1) is 0 Å². The lowest BCUT2D eigenvalue weighted by Gasteiger charge is -2.25. The van der Waals surface area contributed by atoms with E-state index in [0.29, 0.717) is 10.9 Å². The van der Waals surface area contributed by atoms with Crippen molar-refractivity contribution in [1.29, 1.82) is 0 Å². The fraction of sp³-hybridized carbons (Fsp3) is 0.500. The van der Waals surface area contributed by atoms with E-state index in [-0.39, 0.29) is 17.8 Å². The number of Topliss-reactive ketones (excluding diaryl/α,β-unsaturated/α-hetero) is 1. The number of nitrogens with one attached hydrogen (secondary N) is 1. The van der Waals surface area contributed by atoms with Crippen molar-refractivity contribution < 1.29 is 23.5 Å². The highest BCUT2D eigenvalue weighted by Crippen LogP contribution is 2.22. The quantitative estimate of drug-likeness (QED) is 0.402. The second-order valence-electron chi connectivity index (χ2n) is 6.01. The number of amides is 1. The van der Waals surface area contributed by atoms with Gasteiger partial charge in [0.2, 0.25) is 5.78 Å². The van der Waals surface area contributed by atoms with Crippen LogP contribution in [-0.4, -0.2) is 30.8 Å². The Morgan fingerprint density at radius 2 is 1.92 bits per heavy atom. The number of halogens is 2. The second kappa shape index (κ2) is 9.65. The third-order valence-electron chi connectivity index (χ3n) is 4.27. The van der Waals surface area contributed by atoms with Gasteiger partial charge in [0.15, 0.2) is 0 Å². The SMILES string of the molecule is CCC(C)C(Cc1ccc(F)cc1Br)NC(=O)C(=O)C(C)C(=O)OC. The van der Waals surface area contributed by atoms with E-state index in [1.165, 1.54) is 19.1 Å². The molecule has 1 aromatic rings. The minimum atomic E-state index is -1.15. The molecule has 0 heterocycles. The number of carbonyl (C=O) groups is 3. The summed E-state index contributed by atoms with van der Waals surface area (Å²) in [5, 5.41) is 2.71. The third-order valence-corrected chi connectivity index (χ3v) is 5.01. The molecule has 25 heavy (non-hydrogen) atoms. The van der Waals surface area contributed by atoms with E-state index in [4.69, 9.17) is 0 Å². The fourth-order valence-electron chi connectivity index (χ4n) is 2.32. The average molecular weight is 416 g/mol. The number of hydrogen-bond donors (Lipinski definition) is 1. The molecule has 0 fully saturated rings. The first-order valence-corrected chi connectivity index (χ1v) is 8.86. The summed E-state index contributed by atoms with van der Waals surface area (Å²) < 4.78 is 18.3. The summed E-state index contributed by atoms with van der Waals surface area (Å²) in [5.74, 6) is -3.83. The number of carbonyl (C=O) groups excluding carboxylic acids is 3. The molecule has 0 aliphatic carbocycles. The van der Waals surface area contributed by atoms with Crippen LogP contribution in [0.2, 0.25) is 0 Å². The van der Waals surface area contributed by atoms with Gasteiger partial charge < -0.3 is 10.1 Å². The number of ketones is 1. The van der Waals surface area contributed by atoms with Gasteiger partial charge in [-0.1, -0.05) is 42.3 Å². The molecule has 138 valence electrons. The number of ether oxygens (including phenoxy) is 1. The van der Waals surface area contributed by atoms with Gasteiger partial charge in [-0.3, -0.25) is 14.4 Å². The first-order valence-electron chi connectivity index (χ1n) is 8.07. The minimum absolute atomic E-state index is 0.0853. The molecule has 1 N–H and O–H groups in total. The van der Waals surface area contributed by atoms with Crippen molar-refractivity contribution in [3.63, 3.8) is 0 Å². The van der Waals surface area contributed by atoms with E-state index in [0.717, 1.165) is 19.1 Å². The van der Waals surface area contributed by atoms with Crippen LogP contribution in [0.1, 0.15) is 32.8 Å². The molecule has 1 aromatic carbocycles. The van der Waals surface area contributed by atoms with Gasteiger partial charge in [0.1, 0.15) is 11.7 Å². The third kappa shape index (κ3) is 5.92. The van der Waals surface area contributed by atoms with Crippen molar-refractivity contribution in [2.24, 2.45) is 11.8 Å². The van der Waals surface area contributed by atoms with Crippen LogP contribution in [0, 0.1) is 17.7 Å². The van der Waals surface area contributed by atoms with Crippen LogP contribution >= 0.6 is 15.9 Å². The van der Waals surface area contributed by atoms with Crippen LogP contribution in [0.4, 0.5) is 4.39 Å². The van der Waals surface area contributed by atoms with Crippen LogP contribution in [0.25, 0.3) is 0 Å². The molecular weight excluding hydrogens is 393 g/mol. The van der Waals surface area contributed by atoms with Crippen molar-refractivity contribution in [3.05, 3.63) is 34.1 Å².